The van der Waals surface area contributed by atoms with E-state index in [0.29, 0.717) is 51.0 Å². The summed E-state index contributed by atoms with van der Waals surface area (Å²) in [6.07, 6.45) is 0. The van der Waals surface area contributed by atoms with Gasteiger partial charge < -0.3 is 4.57 Å². The van der Waals surface area contributed by atoms with Crippen molar-refractivity contribution in [2.75, 3.05) is 0 Å². The minimum absolute atomic E-state index is 0.439. The molecule has 0 spiro atoms. The van der Waals surface area contributed by atoms with Crippen molar-refractivity contribution in [1.82, 2.24) is 19.5 Å². The summed E-state index contributed by atoms with van der Waals surface area (Å²) >= 11 is 0. The number of benzene rings is 7. The van der Waals surface area contributed by atoms with E-state index in [-0.39, 0.29) is 0 Å². The van der Waals surface area contributed by atoms with Gasteiger partial charge in [-0.3, -0.25) is 0 Å². The normalized spacial score (nSPS) is 10.9. The lowest BCUT2D eigenvalue weighted by atomic mass is 9.89. The van der Waals surface area contributed by atoms with E-state index in [4.69, 9.17) is 21.5 Å². The number of para-hydroxylation sites is 1. The summed E-state index contributed by atoms with van der Waals surface area (Å²) in [6.45, 7) is 7.77. The lowest BCUT2D eigenvalue weighted by molar-refractivity contribution is 1.07. The molecule has 2 heterocycles. The van der Waals surface area contributed by atoms with Crippen LogP contribution in [0.15, 0.2) is 164 Å². The molecule has 0 aliphatic rings. The maximum Gasteiger partial charge on any atom is 0.188 e. The minimum Gasteiger partial charge on any atom is -0.308 e. The summed E-state index contributed by atoms with van der Waals surface area (Å²) in [5.41, 5.74) is 9.36. The molecule has 0 unspecified atom stereocenters. The molecule has 9 rings (SSSR count). The third kappa shape index (κ3) is 5.74. The summed E-state index contributed by atoms with van der Waals surface area (Å²) < 4.78 is 2.19. The molecule has 0 saturated carbocycles. The molecule has 7 heteroatoms. The van der Waals surface area contributed by atoms with Gasteiger partial charge in [0.1, 0.15) is 0 Å². The fraction of sp³-hybridized carbons (Fsp3) is 0. The molecule has 0 atom stereocenters. The zero-order valence-electron chi connectivity index (χ0n) is 29.2. The minimum atomic E-state index is 0.439. The van der Waals surface area contributed by atoms with E-state index in [0.717, 1.165) is 49.7 Å². The molecule has 0 aliphatic heterocycles. The average molecular weight is 702 g/mol. The van der Waals surface area contributed by atoms with Crippen molar-refractivity contribution in [2.45, 2.75) is 0 Å². The molecular weight excluding hydrogens is 675 g/mol. The summed E-state index contributed by atoms with van der Waals surface area (Å²) in [7, 11) is 0. The Labute approximate surface area is 317 Å². The summed E-state index contributed by atoms with van der Waals surface area (Å²) in [5.74, 6) is 1.48. The third-order valence-electron chi connectivity index (χ3n) is 9.75. The first kappa shape index (κ1) is 32.7. The van der Waals surface area contributed by atoms with Crippen molar-refractivity contribution in [3.05, 3.63) is 186 Å². The van der Waals surface area contributed by atoms with Gasteiger partial charge in [0, 0.05) is 44.3 Å². The van der Waals surface area contributed by atoms with Crippen LogP contribution < -0.4 is 0 Å². The molecule has 0 N–H and O–H groups in total. The highest BCUT2D eigenvalue weighted by Crippen LogP contribution is 2.45. The highest BCUT2D eigenvalue weighted by molar-refractivity contribution is 6.12. The van der Waals surface area contributed by atoms with Gasteiger partial charge in [0.15, 0.2) is 23.2 Å². The second-order valence-corrected chi connectivity index (χ2v) is 12.9. The summed E-state index contributed by atoms with van der Waals surface area (Å²) in [4.78, 5) is 18.8. The standard InChI is InChI=1S/C48H27N7/c1-51-36-24-25-44-40(28-36)39-22-12-13-23-43(39)55(44)45-41(37-20-10-8-18-33(37)29-49)26-35(27-42(45)38-21-11-9-19-34(38)30-50)48-53-46(31-14-4-2-5-15-31)52-47(54-48)32-16-6-3-7-17-32/h2-28H. The van der Waals surface area contributed by atoms with Gasteiger partial charge in [-0.25, -0.2) is 19.8 Å². The van der Waals surface area contributed by atoms with E-state index in [9.17, 15) is 10.5 Å². The Bertz CT molecular complexity index is 2930. The molecule has 7 nitrogen and oxygen atoms in total. The highest BCUT2D eigenvalue weighted by Gasteiger charge is 2.25. The quantitative estimate of drug-likeness (QED) is 0.161. The molecule has 0 amide bonds. The van der Waals surface area contributed by atoms with Crippen LogP contribution in [0.3, 0.4) is 0 Å². The second-order valence-electron chi connectivity index (χ2n) is 12.9. The zero-order valence-corrected chi connectivity index (χ0v) is 29.2. The fourth-order valence-electron chi connectivity index (χ4n) is 7.26. The fourth-order valence-corrected chi connectivity index (χ4v) is 7.26. The Balaban J connectivity index is 1.46. The van der Waals surface area contributed by atoms with Crippen molar-refractivity contribution < 1.29 is 0 Å². The molecule has 55 heavy (non-hydrogen) atoms. The summed E-state index contributed by atoms with van der Waals surface area (Å²) in [5, 5.41) is 22.9. The van der Waals surface area contributed by atoms with Crippen LogP contribution in [0.1, 0.15) is 11.1 Å². The Hall–Kier alpha value is -8.18. The topological polar surface area (TPSA) is 95.5 Å². The van der Waals surface area contributed by atoms with E-state index >= 15 is 0 Å². The van der Waals surface area contributed by atoms with E-state index < -0.39 is 0 Å². The van der Waals surface area contributed by atoms with Crippen LogP contribution in [0, 0.1) is 29.2 Å². The van der Waals surface area contributed by atoms with Crippen LogP contribution in [-0.2, 0) is 0 Å². The van der Waals surface area contributed by atoms with Crippen molar-refractivity contribution in [3.63, 3.8) is 0 Å². The first-order valence-electron chi connectivity index (χ1n) is 17.6. The number of aromatic nitrogens is 4. The molecule has 2 aromatic heterocycles. The smallest absolute Gasteiger partial charge is 0.188 e. The predicted molar refractivity (Wildman–Crippen MR) is 217 cm³/mol. The van der Waals surface area contributed by atoms with Gasteiger partial charge in [-0.05, 0) is 47.9 Å². The van der Waals surface area contributed by atoms with Gasteiger partial charge in [-0.2, -0.15) is 10.5 Å². The van der Waals surface area contributed by atoms with Gasteiger partial charge >= 0.3 is 0 Å². The SMILES string of the molecule is [C-]#[N+]c1ccc2c(c1)c1ccccc1n2-c1c(-c2ccccc2C#N)cc(-c2nc(-c3ccccc3)nc(-c3ccccc3)n2)cc1-c1ccccc1C#N. The highest BCUT2D eigenvalue weighted by atomic mass is 15.0. The van der Waals surface area contributed by atoms with Crippen LogP contribution in [0.2, 0.25) is 0 Å². The number of fused-ring (bicyclic) bond motifs is 3. The van der Waals surface area contributed by atoms with Crippen molar-refractivity contribution in [1.29, 1.82) is 10.5 Å². The second kappa shape index (κ2) is 13.7. The average Bonchev–Trinajstić information content (AvgIpc) is 3.59. The molecule has 254 valence electrons. The number of nitriles is 2. The zero-order chi connectivity index (χ0) is 37.3. The Morgan fingerprint density at radius 3 is 1.47 bits per heavy atom. The van der Waals surface area contributed by atoms with E-state index in [1.165, 1.54) is 0 Å². The van der Waals surface area contributed by atoms with Gasteiger partial charge in [0.2, 0.25) is 0 Å². The van der Waals surface area contributed by atoms with Crippen molar-refractivity contribution in [3.8, 4) is 74.2 Å². The summed E-state index contributed by atoms with van der Waals surface area (Å²) in [6, 6.07) is 57.5. The Kier molecular flexibility index (Phi) is 8.18. The van der Waals surface area contributed by atoms with Crippen LogP contribution in [-0.4, -0.2) is 19.5 Å². The molecule has 7 aromatic carbocycles. The maximum atomic E-state index is 10.5. The molecule has 0 radical (unpaired) electrons. The molecular formula is C48H27N7. The van der Waals surface area contributed by atoms with Gasteiger partial charge in [0.25, 0.3) is 0 Å². The van der Waals surface area contributed by atoms with Gasteiger partial charge in [0.05, 0.1) is 46.6 Å². The van der Waals surface area contributed by atoms with Crippen LogP contribution in [0.25, 0.3) is 88.8 Å². The first-order chi connectivity index (χ1) is 27.1. The third-order valence-corrected chi connectivity index (χ3v) is 9.75. The van der Waals surface area contributed by atoms with E-state index in [1.807, 2.05) is 152 Å². The lowest BCUT2D eigenvalue weighted by Gasteiger charge is -2.22. The molecule has 0 saturated heterocycles. The monoisotopic (exact) mass is 701 g/mol. The van der Waals surface area contributed by atoms with Crippen LogP contribution in [0.4, 0.5) is 5.69 Å². The number of hydrogen-bond donors (Lipinski definition) is 0. The molecule has 0 aliphatic carbocycles. The predicted octanol–water partition coefficient (Wildman–Crippen LogP) is 11.6. The molecule has 0 bridgehead atoms. The van der Waals surface area contributed by atoms with Crippen LogP contribution in [0.5, 0.6) is 0 Å². The van der Waals surface area contributed by atoms with E-state index in [1.54, 1.807) is 0 Å². The number of hydrogen-bond acceptors (Lipinski definition) is 5. The Morgan fingerprint density at radius 1 is 0.455 bits per heavy atom. The molecule has 0 fully saturated rings. The van der Waals surface area contributed by atoms with Crippen molar-refractivity contribution >= 4 is 27.5 Å². The van der Waals surface area contributed by atoms with Gasteiger partial charge in [-0.1, -0.05) is 121 Å². The number of rotatable bonds is 6. The van der Waals surface area contributed by atoms with Crippen LogP contribution >= 0.6 is 0 Å². The lowest BCUT2D eigenvalue weighted by Crippen LogP contribution is -2.05. The van der Waals surface area contributed by atoms with Gasteiger partial charge in [-0.15, -0.1) is 0 Å². The van der Waals surface area contributed by atoms with E-state index in [2.05, 4.69) is 33.7 Å². The maximum absolute atomic E-state index is 10.5. The first-order valence-corrected chi connectivity index (χ1v) is 17.6. The number of nitrogens with zero attached hydrogens (tertiary/aromatic N) is 7. The van der Waals surface area contributed by atoms with Crippen molar-refractivity contribution in [2.24, 2.45) is 0 Å². The molecule has 9 aromatic rings. The largest absolute Gasteiger partial charge is 0.308 e. The Morgan fingerprint density at radius 2 is 0.927 bits per heavy atom.